The molecule has 0 aromatic carbocycles. The van der Waals surface area contributed by atoms with Crippen molar-refractivity contribution in [3.8, 4) is 0 Å². The molecule has 3 saturated heterocycles. The first-order valence-electron chi connectivity index (χ1n) is 7.89. The maximum absolute atomic E-state index is 12.7. The summed E-state index contributed by atoms with van der Waals surface area (Å²) in [5, 5.41) is 3.42. The average Bonchev–Trinajstić information content (AvgIpc) is 2.62. The van der Waals surface area contributed by atoms with Crippen molar-refractivity contribution < 1.29 is 4.79 Å². The Morgan fingerprint density at radius 1 is 1.16 bits per heavy atom. The molecule has 3 heterocycles. The van der Waals surface area contributed by atoms with Crippen LogP contribution in [0.15, 0.2) is 0 Å². The number of nitrogens with zero attached hydrogens (tertiary/aromatic N) is 2. The fourth-order valence-electron chi connectivity index (χ4n) is 4.02. The van der Waals surface area contributed by atoms with Crippen LogP contribution >= 0.6 is 0 Å². The van der Waals surface area contributed by atoms with Gasteiger partial charge in [0.25, 0.3) is 0 Å². The van der Waals surface area contributed by atoms with Crippen LogP contribution in [-0.2, 0) is 4.79 Å². The van der Waals surface area contributed by atoms with Gasteiger partial charge in [-0.3, -0.25) is 9.69 Å². The molecule has 3 aliphatic rings. The van der Waals surface area contributed by atoms with E-state index in [4.69, 9.17) is 0 Å². The van der Waals surface area contributed by atoms with E-state index in [0.717, 1.165) is 32.5 Å². The molecule has 0 saturated carbocycles. The van der Waals surface area contributed by atoms with Crippen molar-refractivity contribution in [3.05, 3.63) is 0 Å². The molecular weight excluding hydrogens is 238 g/mol. The van der Waals surface area contributed by atoms with Gasteiger partial charge in [0, 0.05) is 25.2 Å². The number of likely N-dealkylation sites (N-methyl/N-ethyl adjacent to an activating group) is 1. The minimum absolute atomic E-state index is 0.0747. The normalized spacial score (nSPS) is 40.2. The van der Waals surface area contributed by atoms with Crippen LogP contribution in [0.5, 0.6) is 0 Å². The zero-order chi connectivity index (χ0) is 13.4. The summed E-state index contributed by atoms with van der Waals surface area (Å²) in [6.07, 6.45) is 5.96. The maximum Gasteiger partial charge on any atom is 0.239 e. The second kappa shape index (κ2) is 5.41. The van der Waals surface area contributed by atoms with Crippen molar-refractivity contribution in [1.82, 2.24) is 15.1 Å². The number of hydrogen-bond acceptors (Lipinski definition) is 3. The largest absolute Gasteiger partial charge is 0.340 e. The fraction of sp³-hybridized carbons (Fsp3) is 0.933. The Morgan fingerprint density at radius 2 is 1.95 bits per heavy atom. The first-order valence-corrected chi connectivity index (χ1v) is 7.89. The first kappa shape index (κ1) is 13.4. The summed E-state index contributed by atoms with van der Waals surface area (Å²) in [6, 6.07) is 1.38. The molecule has 4 unspecified atom stereocenters. The Labute approximate surface area is 116 Å². The molecule has 3 fully saturated rings. The van der Waals surface area contributed by atoms with Gasteiger partial charge < -0.3 is 10.2 Å². The highest BCUT2D eigenvalue weighted by atomic mass is 16.2. The highest BCUT2D eigenvalue weighted by molar-refractivity contribution is 5.82. The third-order valence-electron chi connectivity index (χ3n) is 5.42. The molecular formula is C15H27N3O. The number of nitrogens with one attached hydrogen (secondary N) is 1. The van der Waals surface area contributed by atoms with E-state index in [-0.39, 0.29) is 6.04 Å². The second-order valence-electron chi connectivity index (χ2n) is 6.76. The quantitative estimate of drug-likeness (QED) is 0.770. The van der Waals surface area contributed by atoms with Crippen LogP contribution in [0.2, 0.25) is 0 Å². The molecule has 1 N–H and O–H groups in total. The van der Waals surface area contributed by atoms with E-state index in [2.05, 4.69) is 29.1 Å². The van der Waals surface area contributed by atoms with Gasteiger partial charge in [0.05, 0.1) is 6.04 Å². The van der Waals surface area contributed by atoms with Gasteiger partial charge in [-0.25, -0.2) is 0 Å². The molecule has 3 rings (SSSR count). The fourth-order valence-corrected chi connectivity index (χ4v) is 4.02. The van der Waals surface area contributed by atoms with Crippen LogP contribution in [0.1, 0.15) is 39.0 Å². The molecule has 2 bridgehead atoms. The van der Waals surface area contributed by atoms with E-state index in [0.29, 0.717) is 23.9 Å². The monoisotopic (exact) mass is 265 g/mol. The van der Waals surface area contributed by atoms with Crippen LogP contribution < -0.4 is 5.32 Å². The molecule has 0 radical (unpaired) electrons. The standard InChI is InChI=1S/C15H27N3O/c1-11-5-7-16-14(9-11)15(19)18-8-6-12-3-4-13(10-18)17(12)2/h11-14,16H,3-10H2,1-2H3. The number of rotatable bonds is 1. The van der Waals surface area contributed by atoms with Gasteiger partial charge in [0.15, 0.2) is 0 Å². The van der Waals surface area contributed by atoms with Gasteiger partial charge in [-0.15, -0.1) is 0 Å². The smallest absolute Gasteiger partial charge is 0.239 e. The Balaban J connectivity index is 1.64. The molecule has 0 aliphatic carbocycles. The third kappa shape index (κ3) is 2.65. The van der Waals surface area contributed by atoms with Crippen molar-refractivity contribution in [3.63, 3.8) is 0 Å². The van der Waals surface area contributed by atoms with Crippen molar-refractivity contribution in [2.75, 3.05) is 26.7 Å². The third-order valence-corrected chi connectivity index (χ3v) is 5.42. The lowest BCUT2D eigenvalue weighted by atomic mass is 9.93. The van der Waals surface area contributed by atoms with Crippen molar-refractivity contribution in [1.29, 1.82) is 0 Å². The molecule has 0 aromatic heterocycles. The summed E-state index contributed by atoms with van der Waals surface area (Å²) < 4.78 is 0. The molecule has 4 heteroatoms. The van der Waals surface area contributed by atoms with E-state index < -0.39 is 0 Å². The van der Waals surface area contributed by atoms with Gasteiger partial charge in [0.1, 0.15) is 0 Å². The summed E-state index contributed by atoms with van der Waals surface area (Å²) in [6.45, 7) is 5.16. The second-order valence-corrected chi connectivity index (χ2v) is 6.76. The van der Waals surface area contributed by atoms with E-state index in [9.17, 15) is 4.79 Å². The molecule has 1 amide bonds. The van der Waals surface area contributed by atoms with E-state index >= 15 is 0 Å². The summed E-state index contributed by atoms with van der Waals surface area (Å²) in [7, 11) is 2.23. The molecule has 4 nitrogen and oxygen atoms in total. The predicted molar refractivity (Wildman–Crippen MR) is 76.0 cm³/mol. The zero-order valence-electron chi connectivity index (χ0n) is 12.3. The van der Waals surface area contributed by atoms with Crippen LogP contribution in [0.4, 0.5) is 0 Å². The minimum atomic E-state index is 0.0747. The van der Waals surface area contributed by atoms with Crippen molar-refractivity contribution in [2.45, 2.75) is 57.2 Å². The van der Waals surface area contributed by atoms with Gasteiger partial charge in [-0.05, 0) is 51.6 Å². The highest BCUT2D eigenvalue weighted by Gasteiger charge is 2.37. The number of hydrogen-bond donors (Lipinski definition) is 1. The average molecular weight is 265 g/mol. The van der Waals surface area contributed by atoms with Crippen LogP contribution in [0.3, 0.4) is 0 Å². The van der Waals surface area contributed by atoms with Crippen molar-refractivity contribution in [2.24, 2.45) is 5.92 Å². The topological polar surface area (TPSA) is 35.6 Å². The lowest BCUT2D eigenvalue weighted by molar-refractivity contribution is -0.134. The highest BCUT2D eigenvalue weighted by Crippen LogP contribution is 2.29. The Kier molecular flexibility index (Phi) is 3.81. The predicted octanol–water partition coefficient (Wildman–Crippen LogP) is 1.07. The number of likely N-dealkylation sites (tertiary alicyclic amines) is 1. The molecule has 108 valence electrons. The van der Waals surface area contributed by atoms with E-state index in [1.807, 2.05) is 0 Å². The van der Waals surface area contributed by atoms with Crippen LogP contribution in [-0.4, -0.2) is 60.5 Å². The summed E-state index contributed by atoms with van der Waals surface area (Å²) in [5.74, 6) is 1.04. The number of carbonyl (C=O) groups excluding carboxylic acids is 1. The minimum Gasteiger partial charge on any atom is -0.340 e. The lowest BCUT2D eigenvalue weighted by Crippen LogP contribution is -2.51. The molecule has 3 aliphatic heterocycles. The van der Waals surface area contributed by atoms with Gasteiger partial charge in [-0.1, -0.05) is 6.92 Å². The number of carbonyl (C=O) groups is 1. The molecule has 19 heavy (non-hydrogen) atoms. The Morgan fingerprint density at radius 3 is 2.74 bits per heavy atom. The van der Waals surface area contributed by atoms with Gasteiger partial charge >= 0.3 is 0 Å². The van der Waals surface area contributed by atoms with Crippen LogP contribution in [0, 0.1) is 5.92 Å². The number of amides is 1. The SMILES string of the molecule is CC1CCNC(C(=O)N2CCC3CCC(C2)N3C)C1. The maximum atomic E-state index is 12.7. The van der Waals surface area contributed by atoms with Crippen LogP contribution in [0.25, 0.3) is 0 Å². The number of fused-ring (bicyclic) bond motifs is 2. The summed E-state index contributed by atoms with van der Waals surface area (Å²) >= 11 is 0. The summed E-state index contributed by atoms with van der Waals surface area (Å²) in [5.41, 5.74) is 0. The zero-order valence-corrected chi connectivity index (χ0v) is 12.3. The van der Waals surface area contributed by atoms with E-state index in [1.54, 1.807) is 0 Å². The van der Waals surface area contributed by atoms with Crippen molar-refractivity contribution >= 4 is 5.91 Å². The van der Waals surface area contributed by atoms with Gasteiger partial charge in [0.2, 0.25) is 5.91 Å². The Hall–Kier alpha value is -0.610. The van der Waals surface area contributed by atoms with E-state index in [1.165, 1.54) is 19.3 Å². The van der Waals surface area contributed by atoms with Gasteiger partial charge in [-0.2, -0.15) is 0 Å². The number of piperidine rings is 1. The lowest BCUT2D eigenvalue weighted by Gasteiger charge is -2.33. The first-order chi connectivity index (χ1) is 9.15. The molecule has 0 aromatic rings. The Bertz CT molecular complexity index is 346. The summed E-state index contributed by atoms with van der Waals surface area (Å²) in [4.78, 5) is 17.3. The molecule has 0 spiro atoms. The molecule has 4 atom stereocenters.